The molecule has 0 aliphatic heterocycles. The van der Waals surface area contributed by atoms with Gasteiger partial charge in [-0.2, -0.15) is 0 Å². The van der Waals surface area contributed by atoms with E-state index in [0.717, 1.165) is 36.1 Å². The summed E-state index contributed by atoms with van der Waals surface area (Å²) >= 11 is 6.00. The first-order valence-corrected chi connectivity index (χ1v) is 8.66. The van der Waals surface area contributed by atoms with Crippen molar-refractivity contribution in [2.24, 2.45) is 41.4 Å². The molecule has 1 N–H and O–H groups in total. The van der Waals surface area contributed by atoms with Gasteiger partial charge in [0.15, 0.2) is 0 Å². The maximum absolute atomic E-state index is 12.3. The normalized spacial score (nSPS) is 50.3. The second-order valence-corrected chi connectivity index (χ2v) is 7.67. The molecule has 0 spiro atoms. The lowest BCUT2D eigenvalue weighted by Gasteiger charge is -2.18. The van der Waals surface area contributed by atoms with E-state index in [9.17, 15) is 4.79 Å². The third-order valence-electron chi connectivity index (χ3n) is 6.59. The van der Waals surface area contributed by atoms with Crippen molar-refractivity contribution >= 4 is 17.5 Å². The highest BCUT2D eigenvalue weighted by Gasteiger charge is 2.67. The zero-order valence-corrected chi connectivity index (χ0v) is 12.2. The van der Waals surface area contributed by atoms with Crippen LogP contribution in [0.2, 0.25) is 0 Å². The van der Waals surface area contributed by atoms with E-state index in [2.05, 4.69) is 5.32 Å². The largest absolute Gasteiger partial charge is 0.356 e. The van der Waals surface area contributed by atoms with Gasteiger partial charge in [-0.1, -0.05) is 6.42 Å². The van der Waals surface area contributed by atoms with E-state index in [0.29, 0.717) is 23.7 Å². The van der Waals surface area contributed by atoms with Crippen molar-refractivity contribution in [1.29, 1.82) is 0 Å². The van der Waals surface area contributed by atoms with E-state index in [-0.39, 0.29) is 0 Å². The van der Waals surface area contributed by atoms with Crippen LogP contribution in [0.1, 0.15) is 38.5 Å². The van der Waals surface area contributed by atoms with Crippen LogP contribution < -0.4 is 5.32 Å². The lowest BCUT2D eigenvalue weighted by molar-refractivity contribution is -0.123. The Morgan fingerprint density at radius 1 is 1.05 bits per heavy atom. The van der Waals surface area contributed by atoms with Crippen molar-refractivity contribution in [3.8, 4) is 0 Å². The highest BCUT2D eigenvalue weighted by Crippen LogP contribution is 2.69. The van der Waals surface area contributed by atoms with Gasteiger partial charge < -0.3 is 5.32 Å². The molecular weight excluding hydrogens is 258 g/mol. The van der Waals surface area contributed by atoms with Crippen molar-refractivity contribution in [2.75, 3.05) is 12.4 Å². The minimum absolute atomic E-state index is 0.367. The second kappa shape index (κ2) is 4.65. The fourth-order valence-electron chi connectivity index (χ4n) is 5.61. The number of alkyl halides is 1. The van der Waals surface area contributed by atoms with E-state index in [1.807, 2.05) is 0 Å². The first-order chi connectivity index (χ1) is 9.29. The molecule has 0 heterocycles. The molecule has 0 aromatic rings. The fraction of sp³-hybridized carbons (Fsp3) is 0.938. The zero-order valence-electron chi connectivity index (χ0n) is 11.5. The average molecular weight is 282 g/mol. The summed E-state index contributed by atoms with van der Waals surface area (Å²) in [4.78, 5) is 12.3. The summed E-state index contributed by atoms with van der Waals surface area (Å²) in [5, 5.41) is 3.25. The summed E-state index contributed by atoms with van der Waals surface area (Å²) in [7, 11) is 0. The molecule has 2 bridgehead atoms. The van der Waals surface area contributed by atoms with Crippen LogP contribution in [0.4, 0.5) is 0 Å². The van der Waals surface area contributed by atoms with Crippen molar-refractivity contribution in [3.05, 3.63) is 0 Å². The Bertz CT molecular complexity index is 369. The first kappa shape index (κ1) is 12.5. The van der Waals surface area contributed by atoms with Gasteiger partial charge in [-0.15, -0.1) is 11.6 Å². The van der Waals surface area contributed by atoms with E-state index in [1.54, 1.807) is 0 Å². The number of hydrogen-bond acceptors (Lipinski definition) is 1. The SMILES string of the molecule is O=C(NCC1CCCC1CCl)C1C2C3CCC(C3)C12. The second-order valence-electron chi connectivity index (χ2n) is 7.36. The zero-order chi connectivity index (χ0) is 13.0. The molecule has 4 aliphatic rings. The molecule has 4 rings (SSSR count). The van der Waals surface area contributed by atoms with Crippen molar-refractivity contribution in [3.63, 3.8) is 0 Å². The minimum atomic E-state index is 0.367. The van der Waals surface area contributed by atoms with Gasteiger partial charge in [0.05, 0.1) is 0 Å². The summed E-state index contributed by atoms with van der Waals surface area (Å²) < 4.78 is 0. The van der Waals surface area contributed by atoms with Gasteiger partial charge in [-0.25, -0.2) is 0 Å². The third-order valence-corrected chi connectivity index (χ3v) is 6.99. The molecule has 3 heteroatoms. The minimum Gasteiger partial charge on any atom is -0.356 e. The lowest BCUT2D eigenvalue weighted by Crippen LogP contribution is -2.33. The Morgan fingerprint density at radius 3 is 2.42 bits per heavy atom. The van der Waals surface area contributed by atoms with E-state index in [1.165, 1.54) is 38.5 Å². The molecule has 4 saturated carbocycles. The molecular formula is C16H24ClNO. The molecule has 106 valence electrons. The number of nitrogens with one attached hydrogen (secondary N) is 1. The molecule has 6 unspecified atom stereocenters. The first-order valence-electron chi connectivity index (χ1n) is 8.13. The number of halogens is 1. The smallest absolute Gasteiger partial charge is 0.223 e. The summed E-state index contributed by atoms with van der Waals surface area (Å²) in [5.74, 6) is 6.12. The molecule has 0 aromatic carbocycles. The number of fused-ring (bicyclic) bond motifs is 5. The van der Waals surface area contributed by atoms with Crippen LogP contribution in [0, 0.1) is 41.4 Å². The molecule has 4 fully saturated rings. The van der Waals surface area contributed by atoms with Gasteiger partial charge in [0, 0.05) is 18.3 Å². The molecule has 0 saturated heterocycles. The van der Waals surface area contributed by atoms with Crippen molar-refractivity contribution in [2.45, 2.75) is 38.5 Å². The number of carbonyl (C=O) groups is 1. The van der Waals surface area contributed by atoms with E-state index >= 15 is 0 Å². The fourth-order valence-corrected chi connectivity index (χ4v) is 6.02. The van der Waals surface area contributed by atoms with Gasteiger partial charge in [0.25, 0.3) is 0 Å². The third kappa shape index (κ3) is 1.93. The van der Waals surface area contributed by atoms with Crippen LogP contribution in [-0.4, -0.2) is 18.3 Å². The number of carbonyl (C=O) groups excluding carboxylic acids is 1. The van der Waals surface area contributed by atoms with Gasteiger partial charge in [-0.05, 0) is 67.6 Å². The molecule has 6 atom stereocenters. The maximum atomic E-state index is 12.3. The van der Waals surface area contributed by atoms with Crippen LogP contribution in [0.5, 0.6) is 0 Å². The van der Waals surface area contributed by atoms with Crippen LogP contribution in [0.15, 0.2) is 0 Å². The van der Waals surface area contributed by atoms with Gasteiger partial charge >= 0.3 is 0 Å². The predicted octanol–water partition coefficient (Wildman–Crippen LogP) is 3.05. The highest BCUT2D eigenvalue weighted by molar-refractivity contribution is 6.18. The Kier molecular flexibility index (Phi) is 3.06. The summed E-state index contributed by atoms with van der Waals surface area (Å²) in [6.07, 6.45) is 8.01. The van der Waals surface area contributed by atoms with E-state index < -0.39 is 0 Å². The van der Waals surface area contributed by atoms with Crippen molar-refractivity contribution in [1.82, 2.24) is 5.32 Å². The van der Waals surface area contributed by atoms with Gasteiger partial charge in [0.2, 0.25) is 5.91 Å². The Labute approximate surface area is 120 Å². The quantitative estimate of drug-likeness (QED) is 0.789. The van der Waals surface area contributed by atoms with Gasteiger partial charge in [-0.3, -0.25) is 4.79 Å². The van der Waals surface area contributed by atoms with Crippen molar-refractivity contribution < 1.29 is 4.79 Å². The lowest BCUT2D eigenvalue weighted by atomic mass is 9.97. The van der Waals surface area contributed by atoms with Crippen LogP contribution in [-0.2, 0) is 4.79 Å². The molecule has 0 radical (unpaired) electrons. The molecule has 19 heavy (non-hydrogen) atoms. The summed E-state index contributed by atoms with van der Waals surface area (Å²) in [5.41, 5.74) is 0. The average Bonchev–Trinajstić information content (AvgIpc) is 2.82. The molecule has 4 aliphatic carbocycles. The van der Waals surface area contributed by atoms with Crippen LogP contribution >= 0.6 is 11.6 Å². The van der Waals surface area contributed by atoms with Crippen LogP contribution in [0.3, 0.4) is 0 Å². The Hall–Kier alpha value is -0.240. The van der Waals surface area contributed by atoms with Crippen LogP contribution in [0.25, 0.3) is 0 Å². The molecule has 0 aromatic heterocycles. The number of rotatable bonds is 4. The van der Waals surface area contributed by atoms with Gasteiger partial charge in [0.1, 0.15) is 0 Å². The van der Waals surface area contributed by atoms with E-state index in [4.69, 9.17) is 11.6 Å². The molecule has 1 amide bonds. The maximum Gasteiger partial charge on any atom is 0.223 e. The Morgan fingerprint density at radius 2 is 1.74 bits per heavy atom. The summed E-state index contributed by atoms with van der Waals surface area (Å²) in [6, 6.07) is 0. The summed E-state index contributed by atoms with van der Waals surface area (Å²) in [6.45, 7) is 0.876. The molecule has 2 nitrogen and oxygen atoms in total. The standard InChI is InChI=1S/C16H24ClNO/c17-7-11-2-1-3-12(11)8-18-16(19)15-13-9-4-5-10(6-9)14(13)15/h9-15H,1-8H2,(H,18,19). The number of hydrogen-bond donors (Lipinski definition) is 1. The Balaban J connectivity index is 1.29. The number of amides is 1. The topological polar surface area (TPSA) is 29.1 Å². The monoisotopic (exact) mass is 281 g/mol. The highest BCUT2D eigenvalue weighted by atomic mass is 35.5. The predicted molar refractivity (Wildman–Crippen MR) is 75.9 cm³/mol.